The topological polar surface area (TPSA) is 128 Å². The molecule has 1 spiro atoms. The van der Waals surface area contributed by atoms with Gasteiger partial charge in [0.25, 0.3) is 11.5 Å². The second-order valence-corrected chi connectivity index (χ2v) is 8.42. The van der Waals surface area contributed by atoms with Crippen LogP contribution in [0.15, 0.2) is 38.6 Å². The first-order valence-corrected chi connectivity index (χ1v) is 10.3. The van der Waals surface area contributed by atoms with Gasteiger partial charge in [0, 0.05) is 42.9 Å². The molecule has 31 heavy (non-hydrogen) atoms. The van der Waals surface area contributed by atoms with Crippen LogP contribution < -0.4 is 21.5 Å². The number of aryl methyl sites for hydroxylation is 1. The number of pyridine rings is 1. The maximum atomic E-state index is 13.4. The molecule has 1 atom stereocenters. The monoisotopic (exact) mass is 422 g/mol. The fourth-order valence-electron chi connectivity index (χ4n) is 4.68. The van der Waals surface area contributed by atoms with Crippen molar-refractivity contribution in [2.45, 2.75) is 38.2 Å². The number of nitrogens with one attached hydrogen (secondary N) is 3. The van der Waals surface area contributed by atoms with Gasteiger partial charge in [-0.15, -0.1) is 0 Å². The number of carbonyl (C=O) groups is 1. The molecule has 2 aromatic heterocycles. The van der Waals surface area contributed by atoms with Crippen LogP contribution in [-0.4, -0.2) is 44.4 Å². The Hall–Kier alpha value is -3.62. The van der Waals surface area contributed by atoms with E-state index in [1.165, 1.54) is 6.07 Å². The summed E-state index contributed by atoms with van der Waals surface area (Å²) in [4.78, 5) is 58.5. The number of fused-ring (bicyclic) bond motifs is 2. The van der Waals surface area contributed by atoms with Gasteiger partial charge in [-0.25, -0.2) is 4.79 Å². The summed E-state index contributed by atoms with van der Waals surface area (Å²) in [5, 5.41) is 0.720. The predicted molar refractivity (Wildman–Crippen MR) is 114 cm³/mol. The zero-order valence-electron chi connectivity index (χ0n) is 17.0. The maximum Gasteiger partial charge on any atom is 0.328 e. The molecular formula is C22H22N4O5. The summed E-state index contributed by atoms with van der Waals surface area (Å²) >= 11 is 0. The van der Waals surface area contributed by atoms with Gasteiger partial charge >= 0.3 is 5.69 Å². The Morgan fingerprint density at radius 2 is 1.90 bits per heavy atom. The van der Waals surface area contributed by atoms with E-state index >= 15 is 0 Å². The fraction of sp³-hybridized carbons (Fsp3) is 0.364. The van der Waals surface area contributed by atoms with E-state index in [1.54, 1.807) is 4.90 Å². The summed E-state index contributed by atoms with van der Waals surface area (Å²) in [7, 11) is 0. The van der Waals surface area contributed by atoms with E-state index in [2.05, 4.69) is 15.0 Å². The number of ether oxygens (including phenoxy) is 1. The Kier molecular flexibility index (Phi) is 4.35. The number of carbonyl (C=O) groups excluding carboxylic acids is 1. The van der Waals surface area contributed by atoms with Crippen molar-refractivity contribution in [2.75, 3.05) is 13.1 Å². The van der Waals surface area contributed by atoms with Crippen LogP contribution in [-0.2, 0) is 6.42 Å². The molecule has 2 aliphatic rings. The van der Waals surface area contributed by atoms with Crippen LogP contribution in [0.1, 0.15) is 40.7 Å². The molecule has 1 amide bonds. The Morgan fingerprint density at radius 3 is 2.74 bits per heavy atom. The zero-order valence-corrected chi connectivity index (χ0v) is 17.0. The lowest BCUT2D eigenvalue weighted by atomic mass is 9.90. The van der Waals surface area contributed by atoms with Crippen molar-refractivity contribution >= 4 is 16.8 Å². The molecule has 2 aliphatic heterocycles. The Labute approximate surface area is 176 Å². The van der Waals surface area contributed by atoms with Gasteiger partial charge < -0.3 is 14.6 Å². The summed E-state index contributed by atoms with van der Waals surface area (Å²) in [6, 6.07) is 6.96. The van der Waals surface area contributed by atoms with Crippen molar-refractivity contribution in [1.29, 1.82) is 0 Å². The number of hydrogen-bond acceptors (Lipinski definition) is 5. The number of aromatic nitrogens is 3. The predicted octanol–water partition coefficient (Wildman–Crippen LogP) is 1.21. The average Bonchev–Trinajstić information content (AvgIpc) is 2.95. The molecule has 3 aromatic rings. The molecule has 0 bridgehead atoms. The fourth-order valence-corrected chi connectivity index (χ4v) is 4.68. The molecule has 1 aromatic carbocycles. The zero-order chi connectivity index (χ0) is 21.8. The van der Waals surface area contributed by atoms with Gasteiger partial charge in [-0.05, 0) is 31.9 Å². The molecule has 1 unspecified atom stereocenters. The summed E-state index contributed by atoms with van der Waals surface area (Å²) < 4.78 is 6.05. The van der Waals surface area contributed by atoms with E-state index in [4.69, 9.17) is 4.74 Å². The van der Waals surface area contributed by atoms with Gasteiger partial charge in [0.05, 0.1) is 11.1 Å². The van der Waals surface area contributed by atoms with Gasteiger partial charge in [-0.3, -0.25) is 24.4 Å². The summed E-state index contributed by atoms with van der Waals surface area (Å²) in [6.45, 7) is 2.89. The minimum Gasteiger partial charge on any atom is -0.471 e. The lowest BCUT2D eigenvalue weighted by Gasteiger charge is -2.27. The third kappa shape index (κ3) is 3.35. The smallest absolute Gasteiger partial charge is 0.328 e. The summed E-state index contributed by atoms with van der Waals surface area (Å²) in [6.07, 6.45) is 2.25. The second-order valence-electron chi connectivity index (χ2n) is 8.42. The highest BCUT2D eigenvalue weighted by Crippen LogP contribution is 2.38. The van der Waals surface area contributed by atoms with Gasteiger partial charge in [0.15, 0.2) is 0 Å². The van der Waals surface area contributed by atoms with Gasteiger partial charge in [0.2, 0.25) is 11.4 Å². The first-order valence-electron chi connectivity index (χ1n) is 10.3. The van der Waals surface area contributed by atoms with Crippen LogP contribution in [0.25, 0.3) is 10.9 Å². The molecule has 9 heteroatoms. The number of rotatable bonds is 1. The lowest BCUT2D eigenvalue weighted by molar-refractivity contribution is 0.0658. The quantitative estimate of drug-likeness (QED) is 0.543. The minimum absolute atomic E-state index is 0.194. The number of amides is 1. The van der Waals surface area contributed by atoms with Gasteiger partial charge in [-0.1, -0.05) is 11.6 Å². The van der Waals surface area contributed by atoms with Crippen molar-refractivity contribution in [3.8, 4) is 5.88 Å². The summed E-state index contributed by atoms with van der Waals surface area (Å²) in [5.41, 5.74) is 0.488. The van der Waals surface area contributed by atoms with Crippen molar-refractivity contribution in [2.24, 2.45) is 0 Å². The molecule has 3 N–H and O–H groups in total. The largest absolute Gasteiger partial charge is 0.471 e. The highest BCUT2D eigenvalue weighted by atomic mass is 16.5. The van der Waals surface area contributed by atoms with Crippen LogP contribution in [0.3, 0.4) is 0 Å². The normalized spacial score (nSPS) is 20.5. The van der Waals surface area contributed by atoms with Crippen LogP contribution >= 0.6 is 0 Å². The van der Waals surface area contributed by atoms with Crippen LogP contribution in [0.4, 0.5) is 0 Å². The molecule has 4 heterocycles. The highest BCUT2D eigenvalue weighted by Gasteiger charge is 2.43. The number of benzene rings is 1. The highest BCUT2D eigenvalue weighted by molar-refractivity contribution is 6.06. The molecule has 1 fully saturated rings. The van der Waals surface area contributed by atoms with Gasteiger partial charge in [0.1, 0.15) is 5.60 Å². The third-order valence-corrected chi connectivity index (χ3v) is 6.23. The number of likely N-dealkylation sites (tertiary alicyclic amines) is 1. The Bertz CT molecular complexity index is 1390. The van der Waals surface area contributed by atoms with E-state index in [0.29, 0.717) is 55.4 Å². The molecule has 1 saturated heterocycles. The average molecular weight is 422 g/mol. The standard InChI is InChI=1S/C22H22N4O5/c1-12-3-4-16-13(9-12)14(10-17(27)23-16)20(29)26-7-2-5-22(6-8-26)11-15-18(28)24-21(30)25-19(15)31-22/h3-4,9-10H,2,5-8,11H2,1H3,(H,23,27)(H2,24,25,28,30). The summed E-state index contributed by atoms with van der Waals surface area (Å²) in [5.74, 6) is 0.0325. The van der Waals surface area contributed by atoms with E-state index < -0.39 is 16.9 Å². The molecule has 160 valence electrons. The lowest BCUT2D eigenvalue weighted by Crippen LogP contribution is -2.38. The molecule has 0 aliphatic carbocycles. The third-order valence-electron chi connectivity index (χ3n) is 6.23. The first kappa shape index (κ1) is 19.3. The van der Waals surface area contributed by atoms with E-state index in [1.807, 2.05) is 25.1 Å². The van der Waals surface area contributed by atoms with Crippen LogP contribution in [0.5, 0.6) is 5.88 Å². The van der Waals surface area contributed by atoms with E-state index in [0.717, 1.165) is 10.9 Å². The van der Waals surface area contributed by atoms with Crippen molar-refractivity contribution in [3.63, 3.8) is 0 Å². The van der Waals surface area contributed by atoms with Gasteiger partial charge in [-0.2, -0.15) is 0 Å². The number of nitrogens with zero attached hydrogens (tertiary/aromatic N) is 1. The van der Waals surface area contributed by atoms with Crippen molar-refractivity contribution < 1.29 is 9.53 Å². The van der Waals surface area contributed by atoms with Crippen molar-refractivity contribution in [3.05, 3.63) is 72.1 Å². The Balaban J connectivity index is 1.43. The molecule has 0 saturated carbocycles. The molecular weight excluding hydrogens is 400 g/mol. The van der Waals surface area contributed by atoms with E-state index in [9.17, 15) is 19.2 Å². The Morgan fingerprint density at radius 1 is 1.06 bits per heavy atom. The second kappa shape index (κ2) is 6.97. The SMILES string of the molecule is Cc1ccc2[nH]c(=O)cc(C(=O)N3CCCC4(CC3)Cc3c([nH]c(=O)[nH]c3=O)O4)c2c1. The first-order chi connectivity index (χ1) is 14.8. The van der Waals surface area contributed by atoms with E-state index in [-0.39, 0.29) is 17.3 Å². The molecule has 5 rings (SSSR count). The number of hydrogen-bond donors (Lipinski definition) is 3. The van der Waals surface area contributed by atoms with Crippen LogP contribution in [0.2, 0.25) is 0 Å². The molecule has 0 radical (unpaired) electrons. The van der Waals surface area contributed by atoms with Crippen LogP contribution in [0, 0.1) is 6.92 Å². The number of aromatic amines is 3. The minimum atomic E-state index is -0.624. The molecule has 9 nitrogen and oxygen atoms in total. The number of H-pyrrole nitrogens is 3. The maximum absolute atomic E-state index is 13.4. The van der Waals surface area contributed by atoms with Crippen molar-refractivity contribution in [1.82, 2.24) is 19.9 Å².